The van der Waals surface area contributed by atoms with Crippen LogP contribution in [0.4, 0.5) is 0 Å². The molecule has 1 aromatic carbocycles. The van der Waals surface area contributed by atoms with Crippen LogP contribution in [0, 0.1) is 0 Å². The lowest BCUT2D eigenvalue weighted by molar-refractivity contribution is 0.0647. The molecule has 2 aromatic heterocycles. The number of amides is 1. The summed E-state index contributed by atoms with van der Waals surface area (Å²) in [5, 5.41) is 1.77. The Bertz CT molecular complexity index is 1150. The highest BCUT2D eigenvalue weighted by Crippen LogP contribution is 2.24. The van der Waals surface area contributed by atoms with E-state index in [-0.39, 0.29) is 18.5 Å². The topological polar surface area (TPSA) is 83.5 Å². The molecule has 0 bridgehead atoms. The van der Waals surface area contributed by atoms with Gasteiger partial charge in [0.15, 0.2) is 0 Å². The number of nitrogens with zero attached hydrogens (tertiary/aromatic N) is 4. The van der Waals surface area contributed by atoms with Crippen molar-refractivity contribution in [2.45, 2.75) is 25.4 Å². The molecular formula is C22H24N4O3S. The van der Waals surface area contributed by atoms with Crippen LogP contribution in [0.25, 0.3) is 10.8 Å². The Labute approximate surface area is 176 Å². The molecule has 1 amide bonds. The molecule has 3 heterocycles. The van der Waals surface area contributed by atoms with Gasteiger partial charge in [-0.15, -0.1) is 0 Å². The molecule has 30 heavy (non-hydrogen) atoms. The van der Waals surface area contributed by atoms with E-state index in [0.717, 1.165) is 22.8 Å². The van der Waals surface area contributed by atoms with Crippen molar-refractivity contribution < 1.29 is 13.2 Å². The lowest BCUT2D eigenvalue weighted by atomic mass is 10.0. The number of hydrogen-bond acceptors (Lipinski definition) is 5. The third-order valence-corrected chi connectivity index (χ3v) is 6.73. The van der Waals surface area contributed by atoms with Crippen LogP contribution in [0.15, 0.2) is 61.1 Å². The Morgan fingerprint density at radius 1 is 1.17 bits per heavy atom. The maximum Gasteiger partial charge on any atom is 0.273 e. The van der Waals surface area contributed by atoms with Gasteiger partial charge in [0.05, 0.1) is 6.26 Å². The molecule has 0 spiro atoms. The van der Waals surface area contributed by atoms with Gasteiger partial charge in [-0.2, -0.15) is 4.31 Å². The first-order valence-corrected chi connectivity index (χ1v) is 11.8. The molecule has 0 aliphatic carbocycles. The molecule has 0 saturated carbocycles. The third kappa shape index (κ3) is 4.34. The normalized spacial score (nSPS) is 17.4. The molecule has 1 saturated heterocycles. The second-order valence-corrected chi connectivity index (χ2v) is 9.53. The first-order chi connectivity index (χ1) is 14.4. The summed E-state index contributed by atoms with van der Waals surface area (Å²) in [5.74, 6) is -0.161. The highest BCUT2D eigenvalue weighted by Gasteiger charge is 2.33. The summed E-state index contributed by atoms with van der Waals surface area (Å²) >= 11 is 0. The molecular weight excluding hydrogens is 400 g/mol. The van der Waals surface area contributed by atoms with Crippen molar-refractivity contribution in [2.24, 2.45) is 0 Å². The molecule has 1 atom stereocenters. The van der Waals surface area contributed by atoms with Gasteiger partial charge < -0.3 is 4.90 Å². The number of benzene rings is 1. The smallest absolute Gasteiger partial charge is 0.273 e. The minimum atomic E-state index is -3.46. The lowest BCUT2D eigenvalue weighted by Gasteiger charge is -2.38. The second-order valence-electron chi connectivity index (χ2n) is 7.60. The molecule has 8 heteroatoms. The van der Waals surface area contributed by atoms with Gasteiger partial charge in [0.25, 0.3) is 5.91 Å². The van der Waals surface area contributed by atoms with Gasteiger partial charge in [0.1, 0.15) is 5.69 Å². The molecule has 1 aliphatic rings. The second kappa shape index (κ2) is 8.49. The minimum absolute atomic E-state index is 0.161. The van der Waals surface area contributed by atoms with E-state index in [1.165, 1.54) is 10.6 Å². The van der Waals surface area contributed by atoms with Crippen molar-refractivity contribution in [3.05, 3.63) is 72.3 Å². The number of carbonyl (C=O) groups is 1. The standard InChI is InChI=1S/C22H24N4O3S/c1-30(28,29)26(15-17-6-4-11-23-14-17)19-8-5-13-25(16-19)22(27)21-20-9-3-2-7-18(20)10-12-24-21/h2-4,6-7,9-12,14,19H,5,8,13,15-16H2,1H3. The zero-order chi connectivity index (χ0) is 21.1. The first kappa shape index (κ1) is 20.4. The molecule has 1 unspecified atom stereocenters. The van der Waals surface area contributed by atoms with Gasteiger partial charge in [-0.05, 0) is 35.9 Å². The van der Waals surface area contributed by atoms with Crippen LogP contribution < -0.4 is 0 Å². The molecule has 0 N–H and O–H groups in total. The van der Waals surface area contributed by atoms with E-state index in [9.17, 15) is 13.2 Å². The summed E-state index contributed by atoms with van der Waals surface area (Å²) in [4.78, 5) is 23.4. The average molecular weight is 425 g/mol. The van der Waals surface area contributed by atoms with Crippen LogP contribution in [-0.4, -0.2) is 58.9 Å². The SMILES string of the molecule is CS(=O)(=O)N(Cc1cccnc1)C1CCCN(C(=O)c2nccc3ccccc23)C1. The predicted octanol–water partition coefficient (Wildman–Crippen LogP) is 2.70. The highest BCUT2D eigenvalue weighted by molar-refractivity contribution is 7.88. The molecule has 0 radical (unpaired) electrons. The number of aromatic nitrogens is 2. The molecule has 1 aliphatic heterocycles. The molecule has 1 fully saturated rings. The summed E-state index contributed by atoms with van der Waals surface area (Å²) < 4.78 is 26.6. The van der Waals surface area contributed by atoms with E-state index in [1.807, 2.05) is 36.4 Å². The van der Waals surface area contributed by atoms with Gasteiger partial charge in [0.2, 0.25) is 10.0 Å². The minimum Gasteiger partial charge on any atom is -0.336 e. The number of rotatable bonds is 5. The Morgan fingerprint density at radius 2 is 2.00 bits per heavy atom. The van der Waals surface area contributed by atoms with Crippen molar-refractivity contribution in [2.75, 3.05) is 19.3 Å². The highest BCUT2D eigenvalue weighted by atomic mass is 32.2. The Balaban J connectivity index is 1.59. The zero-order valence-electron chi connectivity index (χ0n) is 16.8. The van der Waals surface area contributed by atoms with Crippen molar-refractivity contribution in [1.82, 2.24) is 19.2 Å². The van der Waals surface area contributed by atoms with E-state index in [0.29, 0.717) is 25.2 Å². The first-order valence-electron chi connectivity index (χ1n) is 9.92. The van der Waals surface area contributed by atoms with Crippen molar-refractivity contribution >= 4 is 26.7 Å². The molecule has 4 rings (SSSR count). The maximum atomic E-state index is 13.3. The number of pyridine rings is 2. The van der Waals surface area contributed by atoms with Crippen LogP contribution in [0.3, 0.4) is 0 Å². The number of piperidine rings is 1. The number of hydrogen-bond donors (Lipinski definition) is 0. The van der Waals surface area contributed by atoms with Crippen molar-refractivity contribution in [1.29, 1.82) is 0 Å². The largest absolute Gasteiger partial charge is 0.336 e. The van der Waals surface area contributed by atoms with Crippen LogP contribution in [-0.2, 0) is 16.6 Å². The average Bonchev–Trinajstić information content (AvgIpc) is 2.76. The quantitative estimate of drug-likeness (QED) is 0.629. The van der Waals surface area contributed by atoms with E-state index in [1.54, 1.807) is 29.6 Å². The fourth-order valence-electron chi connectivity index (χ4n) is 4.00. The van der Waals surface area contributed by atoms with Gasteiger partial charge in [0, 0.05) is 49.7 Å². The zero-order valence-corrected chi connectivity index (χ0v) is 17.6. The number of sulfonamides is 1. The fraction of sp³-hybridized carbons (Fsp3) is 0.318. The van der Waals surface area contributed by atoms with Crippen LogP contribution >= 0.6 is 0 Å². The Morgan fingerprint density at radius 3 is 2.77 bits per heavy atom. The van der Waals surface area contributed by atoms with Crippen molar-refractivity contribution in [3.8, 4) is 0 Å². The maximum absolute atomic E-state index is 13.3. The fourth-order valence-corrected chi connectivity index (χ4v) is 5.10. The van der Waals surface area contributed by atoms with Crippen LogP contribution in [0.1, 0.15) is 28.9 Å². The van der Waals surface area contributed by atoms with E-state index in [2.05, 4.69) is 9.97 Å². The van der Waals surface area contributed by atoms with E-state index < -0.39 is 10.0 Å². The Hall–Kier alpha value is -2.84. The summed E-state index contributed by atoms with van der Waals surface area (Å²) in [5.41, 5.74) is 1.23. The molecule has 3 aromatic rings. The monoisotopic (exact) mass is 424 g/mol. The summed E-state index contributed by atoms with van der Waals surface area (Å²) in [6.07, 6.45) is 7.63. The van der Waals surface area contributed by atoms with Gasteiger partial charge in [-0.1, -0.05) is 30.3 Å². The predicted molar refractivity (Wildman–Crippen MR) is 115 cm³/mol. The molecule has 156 valence electrons. The van der Waals surface area contributed by atoms with Gasteiger partial charge in [-0.25, -0.2) is 8.42 Å². The van der Waals surface area contributed by atoms with E-state index >= 15 is 0 Å². The number of fused-ring (bicyclic) bond motifs is 1. The summed E-state index contributed by atoms with van der Waals surface area (Å²) in [7, 11) is -3.46. The summed E-state index contributed by atoms with van der Waals surface area (Å²) in [6.45, 7) is 1.17. The summed E-state index contributed by atoms with van der Waals surface area (Å²) in [6, 6.07) is 12.9. The van der Waals surface area contributed by atoms with E-state index in [4.69, 9.17) is 0 Å². The van der Waals surface area contributed by atoms with Gasteiger partial charge in [-0.3, -0.25) is 14.8 Å². The Kier molecular flexibility index (Phi) is 5.78. The van der Waals surface area contributed by atoms with Gasteiger partial charge >= 0.3 is 0 Å². The molecule has 7 nitrogen and oxygen atoms in total. The third-order valence-electron chi connectivity index (χ3n) is 5.45. The number of likely N-dealkylation sites (tertiary alicyclic amines) is 1. The van der Waals surface area contributed by atoms with Crippen molar-refractivity contribution in [3.63, 3.8) is 0 Å². The van der Waals surface area contributed by atoms with Crippen LogP contribution in [0.5, 0.6) is 0 Å². The van der Waals surface area contributed by atoms with Crippen LogP contribution in [0.2, 0.25) is 0 Å². The lowest BCUT2D eigenvalue weighted by Crippen LogP contribution is -2.51. The number of carbonyl (C=O) groups excluding carboxylic acids is 1.